The molecule has 4 nitrogen and oxygen atoms in total. The number of nitrogens with one attached hydrogen (secondary N) is 1. The normalized spacial score (nSPS) is 13.3. The van der Waals surface area contributed by atoms with Crippen molar-refractivity contribution in [1.82, 2.24) is 5.32 Å². The molecule has 0 unspecified atom stereocenters. The van der Waals surface area contributed by atoms with Gasteiger partial charge in [0, 0.05) is 22.8 Å². The summed E-state index contributed by atoms with van der Waals surface area (Å²) in [4.78, 5) is 12.2. The maximum absolute atomic E-state index is 12.2. The fraction of sp³-hybridized carbons (Fsp3) is 0.235. The summed E-state index contributed by atoms with van der Waals surface area (Å²) in [7, 11) is -1.02. The predicted molar refractivity (Wildman–Crippen MR) is 88.1 cm³/mol. The average molecular weight is 317 g/mol. The van der Waals surface area contributed by atoms with Gasteiger partial charge in [-0.2, -0.15) is 0 Å². The zero-order valence-electron chi connectivity index (χ0n) is 12.4. The minimum Gasteiger partial charge on any atom is -0.508 e. The molecular formula is C17H19NO3S. The zero-order valence-corrected chi connectivity index (χ0v) is 13.2. The van der Waals surface area contributed by atoms with Gasteiger partial charge >= 0.3 is 0 Å². The number of rotatable bonds is 6. The molecule has 0 aromatic heterocycles. The van der Waals surface area contributed by atoms with Crippen LogP contribution in [0.5, 0.6) is 5.75 Å². The Labute approximate surface area is 132 Å². The van der Waals surface area contributed by atoms with Gasteiger partial charge in [-0.15, -0.1) is 0 Å². The molecule has 0 heterocycles. The van der Waals surface area contributed by atoms with Crippen LogP contribution >= 0.6 is 0 Å². The second kappa shape index (κ2) is 7.75. The molecule has 0 saturated carbocycles. The van der Waals surface area contributed by atoms with Gasteiger partial charge in [0.05, 0.1) is 12.5 Å². The Kier molecular flexibility index (Phi) is 5.72. The van der Waals surface area contributed by atoms with Crippen LogP contribution in [0.2, 0.25) is 0 Å². The number of phenolic OH excluding ortho intramolecular Hbond substituents is 1. The van der Waals surface area contributed by atoms with Crippen molar-refractivity contribution in [3.63, 3.8) is 0 Å². The van der Waals surface area contributed by atoms with E-state index in [4.69, 9.17) is 0 Å². The second-order valence-corrected chi connectivity index (χ2v) is 6.60. The first-order valence-corrected chi connectivity index (χ1v) is 8.69. The molecule has 0 aliphatic heterocycles. The third kappa shape index (κ3) is 5.00. The van der Waals surface area contributed by atoms with Crippen LogP contribution in [0.15, 0.2) is 54.6 Å². The maximum Gasteiger partial charge on any atom is 0.224 e. The van der Waals surface area contributed by atoms with E-state index in [-0.39, 0.29) is 24.1 Å². The number of carbonyl (C=O) groups is 1. The Morgan fingerprint density at radius 2 is 1.91 bits per heavy atom. The molecule has 0 radical (unpaired) electrons. The highest BCUT2D eigenvalue weighted by atomic mass is 32.2. The predicted octanol–water partition coefficient (Wildman–Crippen LogP) is 2.17. The lowest BCUT2D eigenvalue weighted by atomic mass is 10.1. The van der Waals surface area contributed by atoms with E-state index in [1.807, 2.05) is 30.3 Å². The molecule has 2 N–H and O–H groups in total. The zero-order chi connectivity index (χ0) is 15.9. The summed E-state index contributed by atoms with van der Waals surface area (Å²) >= 11 is 0. The van der Waals surface area contributed by atoms with E-state index in [0.717, 1.165) is 11.1 Å². The van der Waals surface area contributed by atoms with E-state index in [2.05, 4.69) is 5.32 Å². The highest BCUT2D eigenvalue weighted by Crippen LogP contribution is 2.15. The number of carbonyl (C=O) groups excluding carboxylic acids is 1. The van der Waals surface area contributed by atoms with Gasteiger partial charge in [0.2, 0.25) is 5.91 Å². The molecule has 0 spiro atoms. The van der Waals surface area contributed by atoms with Crippen molar-refractivity contribution in [2.75, 3.05) is 12.0 Å². The van der Waals surface area contributed by atoms with E-state index in [9.17, 15) is 14.1 Å². The molecule has 2 rings (SSSR count). The van der Waals surface area contributed by atoms with Gasteiger partial charge in [-0.3, -0.25) is 9.00 Å². The fourth-order valence-electron chi connectivity index (χ4n) is 2.24. The Balaban J connectivity index is 2.06. The lowest BCUT2D eigenvalue weighted by molar-refractivity contribution is -0.121. The average Bonchev–Trinajstić information content (AvgIpc) is 2.47. The van der Waals surface area contributed by atoms with E-state index in [0.29, 0.717) is 5.75 Å². The SMILES string of the molecule is C[S@@](=O)C[C@H](NC(=O)Cc1cccc(O)c1)c1ccccc1. The summed E-state index contributed by atoms with van der Waals surface area (Å²) in [6, 6.07) is 15.8. The third-order valence-electron chi connectivity index (χ3n) is 3.21. The number of hydrogen-bond acceptors (Lipinski definition) is 3. The van der Waals surface area contributed by atoms with Crippen LogP contribution in [0.1, 0.15) is 17.2 Å². The summed E-state index contributed by atoms with van der Waals surface area (Å²) in [6.07, 6.45) is 1.80. The number of benzene rings is 2. The monoisotopic (exact) mass is 317 g/mol. The van der Waals surface area contributed by atoms with Gasteiger partial charge in [0.25, 0.3) is 0 Å². The number of amides is 1. The number of aromatic hydroxyl groups is 1. The van der Waals surface area contributed by atoms with Crippen LogP contribution in [0, 0.1) is 0 Å². The summed E-state index contributed by atoms with van der Waals surface area (Å²) in [5.41, 5.74) is 1.67. The highest BCUT2D eigenvalue weighted by Gasteiger charge is 2.16. The van der Waals surface area contributed by atoms with Crippen molar-refractivity contribution >= 4 is 16.7 Å². The Morgan fingerprint density at radius 3 is 2.55 bits per heavy atom. The molecule has 0 fully saturated rings. The minimum absolute atomic E-state index is 0.138. The summed E-state index contributed by atoms with van der Waals surface area (Å²) < 4.78 is 11.5. The molecule has 2 aromatic carbocycles. The van der Waals surface area contributed by atoms with Crippen molar-refractivity contribution in [3.05, 3.63) is 65.7 Å². The van der Waals surface area contributed by atoms with Crippen LogP contribution in [-0.4, -0.2) is 27.2 Å². The van der Waals surface area contributed by atoms with Crippen LogP contribution in [0.3, 0.4) is 0 Å². The first-order chi connectivity index (χ1) is 10.5. The van der Waals surface area contributed by atoms with Gasteiger partial charge in [-0.25, -0.2) is 0 Å². The Bertz CT molecular complexity index is 658. The second-order valence-electron chi connectivity index (χ2n) is 5.12. The molecule has 116 valence electrons. The van der Waals surface area contributed by atoms with Crippen LogP contribution in [-0.2, 0) is 22.0 Å². The third-order valence-corrected chi connectivity index (χ3v) is 4.02. The fourth-order valence-corrected chi connectivity index (χ4v) is 2.98. The summed E-state index contributed by atoms with van der Waals surface area (Å²) in [5, 5.41) is 12.4. The van der Waals surface area contributed by atoms with Crippen molar-refractivity contribution in [2.45, 2.75) is 12.5 Å². The topological polar surface area (TPSA) is 66.4 Å². The molecular weight excluding hydrogens is 298 g/mol. The first-order valence-electron chi connectivity index (χ1n) is 6.97. The van der Waals surface area contributed by atoms with E-state index < -0.39 is 10.8 Å². The van der Waals surface area contributed by atoms with Gasteiger partial charge in [-0.05, 0) is 23.3 Å². The molecule has 2 aromatic rings. The van der Waals surface area contributed by atoms with Crippen molar-refractivity contribution in [1.29, 1.82) is 0 Å². The van der Waals surface area contributed by atoms with Crippen LogP contribution < -0.4 is 5.32 Å². The Morgan fingerprint density at radius 1 is 1.18 bits per heavy atom. The minimum atomic E-state index is -1.02. The summed E-state index contributed by atoms with van der Waals surface area (Å²) in [5.74, 6) is 0.347. The molecule has 0 aliphatic carbocycles. The van der Waals surface area contributed by atoms with Gasteiger partial charge in [0.1, 0.15) is 5.75 Å². The van der Waals surface area contributed by atoms with Gasteiger partial charge in [0.15, 0.2) is 0 Å². The van der Waals surface area contributed by atoms with Crippen LogP contribution in [0.4, 0.5) is 0 Å². The maximum atomic E-state index is 12.2. The van der Waals surface area contributed by atoms with Crippen molar-refractivity contribution in [3.8, 4) is 5.75 Å². The quantitative estimate of drug-likeness (QED) is 0.858. The van der Waals surface area contributed by atoms with E-state index in [1.54, 1.807) is 30.5 Å². The Hall–Kier alpha value is -2.14. The standard InChI is InChI=1S/C17H19NO3S/c1-22(21)12-16(14-7-3-2-4-8-14)18-17(20)11-13-6-5-9-15(19)10-13/h2-10,16,19H,11-12H2,1H3,(H,18,20)/t16-,22+/m0/s1. The van der Waals surface area contributed by atoms with Gasteiger partial charge < -0.3 is 10.4 Å². The molecule has 0 bridgehead atoms. The van der Waals surface area contributed by atoms with Crippen molar-refractivity contribution < 1.29 is 14.1 Å². The smallest absolute Gasteiger partial charge is 0.224 e. The molecule has 22 heavy (non-hydrogen) atoms. The van der Waals surface area contributed by atoms with Crippen LogP contribution in [0.25, 0.3) is 0 Å². The number of hydrogen-bond donors (Lipinski definition) is 2. The molecule has 1 amide bonds. The first kappa shape index (κ1) is 16.2. The number of phenols is 1. The van der Waals surface area contributed by atoms with E-state index in [1.165, 1.54) is 0 Å². The largest absolute Gasteiger partial charge is 0.508 e. The lowest BCUT2D eigenvalue weighted by Crippen LogP contribution is -2.32. The molecule has 5 heteroatoms. The highest BCUT2D eigenvalue weighted by molar-refractivity contribution is 7.84. The molecule has 0 aliphatic rings. The molecule has 2 atom stereocenters. The molecule has 0 saturated heterocycles. The van der Waals surface area contributed by atoms with Crippen molar-refractivity contribution in [2.24, 2.45) is 0 Å². The summed E-state index contributed by atoms with van der Waals surface area (Å²) in [6.45, 7) is 0. The lowest BCUT2D eigenvalue weighted by Gasteiger charge is -2.18. The van der Waals surface area contributed by atoms with E-state index >= 15 is 0 Å². The van der Waals surface area contributed by atoms with Gasteiger partial charge in [-0.1, -0.05) is 42.5 Å².